The average molecular weight is 1000 g/mol. The first kappa shape index (κ1) is 43.6. The van der Waals surface area contributed by atoms with Crippen LogP contribution in [-0.4, -0.2) is 23.3 Å². The fraction of sp³-hybridized carbons (Fsp3) is 0.0571. The number of hydrogen-bond donors (Lipinski definition) is 0. The molecule has 0 fully saturated rings. The van der Waals surface area contributed by atoms with E-state index in [0.29, 0.717) is 5.56 Å². The number of rotatable bonds is 5. The third-order valence-electron chi connectivity index (χ3n) is 16.5. The Morgan fingerprint density at radius 2 is 0.740 bits per heavy atom. The van der Waals surface area contributed by atoms with Gasteiger partial charge in [0.2, 0.25) is 0 Å². The van der Waals surface area contributed by atoms with Crippen LogP contribution in [0, 0.1) is 39.0 Å². The Hall–Kier alpha value is -9.74. The van der Waals surface area contributed by atoms with E-state index in [-0.39, 0.29) is 0 Å². The van der Waals surface area contributed by atoms with Crippen molar-refractivity contribution < 1.29 is 0 Å². The fourth-order valence-corrected chi connectivity index (χ4v) is 14.5. The van der Waals surface area contributed by atoms with Gasteiger partial charge in [0.1, 0.15) is 11.6 Å². The van der Waals surface area contributed by atoms with Gasteiger partial charge in [-0.25, -0.2) is 0 Å². The van der Waals surface area contributed by atoms with Crippen LogP contribution >= 0.6 is 11.3 Å². The SMILES string of the molecule is Cc1cccc2c3ccccc3n(-c3c(C#N)c(-n4c5ccccc5c5cccc(C)c54)c(-n4c5ccccc5c5cccc(C)c54)c(-c4ccc5c(c4)sc4ccncc45)c3-n3c4ccccc4c4cccc(C)c43)c12. The van der Waals surface area contributed by atoms with Crippen molar-refractivity contribution in [1.29, 1.82) is 5.26 Å². The van der Waals surface area contributed by atoms with Gasteiger partial charge in [-0.15, -0.1) is 11.3 Å². The maximum absolute atomic E-state index is 13.0. The zero-order valence-electron chi connectivity index (χ0n) is 42.7. The molecule has 0 bridgehead atoms. The van der Waals surface area contributed by atoms with E-state index in [9.17, 15) is 5.26 Å². The van der Waals surface area contributed by atoms with Crippen LogP contribution in [0.2, 0.25) is 0 Å². The summed E-state index contributed by atoms with van der Waals surface area (Å²) in [5.41, 5.74) is 19.0. The molecule has 0 radical (unpaired) electrons. The zero-order chi connectivity index (χ0) is 51.4. The molecule has 0 saturated heterocycles. The van der Waals surface area contributed by atoms with E-state index in [1.807, 2.05) is 12.4 Å². The second-order valence-electron chi connectivity index (χ2n) is 20.7. The molecule has 16 aromatic rings. The van der Waals surface area contributed by atoms with Gasteiger partial charge in [0.25, 0.3) is 0 Å². The first-order valence-electron chi connectivity index (χ1n) is 26.3. The monoisotopic (exact) mass is 1000 g/mol. The van der Waals surface area contributed by atoms with Crippen LogP contribution in [0.3, 0.4) is 0 Å². The Bertz CT molecular complexity index is 5030. The quantitative estimate of drug-likeness (QED) is 0.172. The summed E-state index contributed by atoms with van der Waals surface area (Å²) in [6.07, 6.45) is 3.89. The normalized spacial score (nSPS) is 12.1. The predicted octanol–water partition coefficient (Wildman–Crippen LogP) is 18.6. The molecule has 0 N–H and O–H groups in total. The van der Waals surface area contributed by atoms with Crippen LogP contribution in [0.5, 0.6) is 0 Å². The number of fused-ring (bicyclic) bond motifs is 15. The van der Waals surface area contributed by atoms with Crippen molar-refractivity contribution in [3.8, 4) is 39.9 Å². The summed E-state index contributed by atoms with van der Waals surface area (Å²) in [7, 11) is 0. The number of pyridine rings is 1. The highest BCUT2D eigenvalue weighted by atomic mass is 32.1. The molecule has 0 amide bonds. The highest BCUT2D eigenvalue weighted by Gasteiger charge is 2.36. The molecule has 0 saturated carbocycles. The van der Waals surface area contributed by atoms with Crippen LogP contribution in [0.1, 0.15) is 27.8 Å². The second-order valence-corrected chi connectivity index (χ2v) is 21.8. The molecule has 0 aliphatic rings. The number of para-hydroxylation sites is 8. The van der Waals surface area contributed by atoms with E-state index in [1.165, 1.54) is 4.70 Å². The highest BCUT2D eigenvalue weighted by molar-refractivity contribution is 7.25. The lowest BCUT2D eigenvalue weighted by Gasteiger charge is -2.30. The standard InChI is InChI=1S/C70H46N6S/c1-40-17-13-25-50-45-21-5-9-29-56(45)73(63(40)50)67-54(38-71)68(74-57-30-10-6-22-46(57)51-26-14-18-41(2)64(51)74)70(76-59-32-12-8-24-48(59)53-28-16-20-43(4)66(53)76)62(44-33-34-49-55-39-72-36-35-60(55)77-61(49)37-44)69(67)75-58-31-11-7-23-47(58)52-27-15-19-42(3)65(52)75/h5-37,39H,1-4H3. The maximum Gasteiger partial charge on any atom is 0.104 e. The minimum atomic E-state index is 0.559. The third-order valence-corrected chi connectivity index (χ3v) is 17.7. The Morgan fingerprint density at radius 3 is 1.14 bits per heavy atom. The number of hydrogen-bond acceptors (Lipinski definition) is 3. The molecule has 6 nitrogen and oxygen atoms in total. The van der Waals surface area contributed by atoms with Crippen molar-refractivity contribution in [3.05, 3.63) is 234 Å². The molecule has 6 heterocycles. The van der Waals surface area contributed by atoms with Crippen molar-refractivity contribution in [3.63, 3.8) is 0 Å². The Kier molecular flexibility index (Phi) is 9.14. The van der Waals surface area contributed by atoms with Crippen molar-refractivity contribution in [2.75, 3.05) is 0 Å². The first-order chi connectivity index (χ1) is 37.9. The summed E-state index contributed by atoms with van der Waals surface area (Å²) in [5, 5.41) is 24.4. The number of aryl methyl sites for hydroxylation is 4. The van der Waals surface area contributed by atoms with Gasteiger partial charge in [-0.1, -0.05) is 158 Å². The molecule has 0 unspecified atom stereocenters. The predicted molar refractivity (Wildman–Crippen MR) is 324 cm³/mol. The van der Waals surface area contributed by atoms with E-state index in [0.717, 1.165) is 159 Å². The molecular weight excluding hydrogens is 957 g/mol. The number of aromatic nitrogens is 5. The number of thiophene rings is 1. The Morgan fingerprint density at radius 1 is 0.364 bits per heavy atom. The molecular formula is C70H46N6S. The van der Waals surface area contributed by atoms with Crippen LogP contribution in [-0.2, 0) is 0 Å². The Balaban J connectivity index is 1.29. The van der Waals surface area contributed by atoms with Crippen molar-refractivity contribution >= 4 is 119 Å². The summed E-state index contributed by atoms with van der Waals surface area (Å²) < 4.78 is 12.3. The summed E-state index contributed by atoms with van der Waals surface area (Å²) in [5.74, 6) is 0. The average Bonchev–Trinajstić information content (AvgIpc) is 4.48. The molecule has 0 spiro atoms. The number of nitrogens with zero attached hydrogens (tertiary/aromatic N) is 6. The lowest BCUT2D eigenvalue weighted by molar-refractivity contribution is 1.03. The number of nitriles is 1. The molecule has 0 aliphatic heterocycles. The van der Waals surface area contributed by atoms with Gasteiger partial charge in [-0.3, -0.25) is 4.98 Å². The third kappa shape index (κ3) is 5.85. The topological polar surface area (TPSA) is 56.4 Å². The molecule has 362 valence electrons. The molecule has 6 aromatic heterocycles. The van der Waals surface area contributed by atoms with Gasteiger partial charge < -0.3 is 18.3 Å². The van der Waals surface area contributed by atoms with Crippen LogP contribution in [0.4, 0.5) is 0 Å². The summed E-state index contributed by atoms with van der Waals surface area (Å²) in [6.45, 7) is 8.89. The summed E-state index contributed by atoms with van der Waals surface area (Å²) >= 11 is 1.80. The maximum atomic E-state index is 13.0. The molecule has 16 rings (SSSR count). The minimum absolute atomic E-state index is 0.559. The van der Waals surface area contributed by atoms with E-state index in [2.05, 4.69) is 251 Å². The highest BCUT2D eigenvalue weighted by Crippen LogP contribution is 2.53. The van der Waals surface area contributed by atoms with Gasteiger partial charge in [0, 0.05) is 81.2 Å². The van der Waals surface area contributed by atoms with Gasteiger partial charge >= 0.3 is 0 Å². The van der Waals surface area contributed by atoms with Crippen LogP contribution < -0.4 is 0 Å². The number of benzene rings is 10. The van der Waals surface area contributed by atoms with Gasteiger partial charge in [0.15, 0.2) is 0 Å². The molecule has 0 atom stereocenters. The van der Waals surface area contributed by atoms with Crippen molar-refractivity contribution in [1.82, 2.24) is 23.3 Å². The molecule has 0 aliphatic carbocycles. The van der Waals surface area contributed by atoms with E-state index >= 15 is 0 Å². The van der Waals surface area contributed by atoms with E-state index in [1.54, 1.807) is 11.3 Å². The van der Waals surface area contributed by atoms with Crippen molar-refractivity contribution in [2.24, 2.45) is 0 Å². The van der Waals surface area contributed by atoms with Crippen molar-refractivity contribution in [2.45, 2.75) is 27.7 Å². The van der Waals surface area contributed by atoms with Crippen LogP contribution in [0.15, 0.2) is 207 Å². The lowest BCUT2D eigenvalue weighted by atomic mass is 9.92. The Labute approximate surface area is 446 Å². The van der Waals surface area contributed by atoms with E-state index in [4.69, 9.17) is 0 Å². The smallest absolute Gasteiger partial charge is 0.104 e. The molecule has 10 aromatic carbocycles. The van der Waals surface area contributed by atoms with Gasteiger partial charge in [-0.05, 0) is 91.9 Å². The largest absolute Gasteiger partial charge is 0.306 e. The van der Waals surface area contributed by atoms with E-state index < -0.39 is 0 Å². The summed E-state index contributed by atoms with van der Waals surface area (Å²) in [4.78, 5) is 4.62. The lowest BCUT2D eigenvalue weighted by Crippen LogP contribution is -2.17. The van der Waals surface area contributed by atoms with Crippen LogP contribution in [0.25, 0.3) is 141 Å². The van der Waals surface area contributed by atoms with Gasteiger partial charge in [0.05, 0.1) is 66.9 Å². The fourth-order valence-electron chi connectivity index (χ4n) is 13.4. The van der Waals surface area contributed by atoms with Gasteiger partial charge in [-0.2, -0.15) is 5.26 Å². The molecule has 77 heavy (non-hydrogen) atoms. The first-order valence-corrected chi connectivity index (χ1v) is 27.1. The molecule has 7 heteroatoms. The summed E-state index contributed by atoms with van der Waals surface area (Å²) in [6, 6.07) is 74.1. The minimum Gasteiger partial charge on any atom is -0.306 e. The second kappa shape index (κ2) is 16.1. The zero-order valence-corrected chi connectivity index (χ0v) is 43.5.